The summed E-state index contributed by atoms with van der Waals surface area (Å²) < 4.78 is 5.18. The van der Waals surface area contributed by atoms with E-state index in [1.165, 1.54) is 0 Å². The fourth-order valence-corrected chi connectivity index (χ4v) is 1.10. The Labute approximate surface area is 84.0 Å². The van der Waals surface area contributed by atoms with Gasteiger partial charge in [-0.05, 0) is 12.1 Å². The van der Waals surface area contributed by atoms with Crippen LogP contribution in [0.1, 0.15) is 11.1 Å². The molecular weight excluding hydrogens is 178 g/mol. The van der Waals surface area contributed by atoms with E-state index in [1.807, 2.05) is 18.2 Å². The van der Waals surface area contributed by atoms with Crippen LogP contribution in [0.5, 0.6) is 5.75 Å². The van der Waals surface area contributed by atoms with Crippen molar-refractivity contribution < 1.29 is 9.57 Å². The Bertz CT molecular complexity index is 342. The van der Waals surface area contributed by atoms with Gasteiger partial charge in [-0.3, -0.25) is 4.84 Å². The minimum Gasteiger partial charge on any atom is -0.496 e. The second-order valence-electron chi connectivity index (χ2n) is 2.66. The fourth-order valence-electron chi connectivity index (χ4n) is 1.10. The van der Waals surface area contributed by atoms with Gasteiger partial charge in [0.25, 0.3) is 0 Å². The molecule has 1 aromatic carbocycles. The Morgan fingerprint density at radius 3 is 2.86 bits per heavy atom. The van der Waals surface area contributed by atoms with E-state index >= 15 is 0 Å². The van der Waals surface area contributed by atoms with Gasteiger partial charge in [0.15, 0.2) is 0 Å². The van der Waals surface area contributed by atoms with Crippen molar-refractivity contribution in [2.24, 2.45) is 0 Å². The van der Waals surface area contributed by atoms with E-state index in [-0.39, 0.29) is 0 Å². The van der Waals surface area contributed by atoms with Crippen molar-refractivity contribution in [2.45, 2.75) is 6.61 Å². The molecule has 1 aromatic rings. The summed E-state index contributed by atoms with van der Waals surface area (Å²) in [4.78, 5) is 5.05. The first kappa shape index (κ1) is 10.6. The number of ether oxygens (including phenoxy) is 1. The number of rotatable bonds is 4. The zero-order valence-corrected chi connectivity index (χ0v) is 8.33. The molecule has 0 bridgehead atoms. The van der Waals surface area contributed by atoms with E-state index < -0.39 is 0 Å². The van der Waals surface area contributed by atoms with Crippen molar-refractivity contribution in [3.05, 3.63) is 29.3 Å². The SMILES string of the molecule is C#Cc1ccc(CONC)c(OC)c1. The molecule has 0 saturated carbocycles. The molecular formula is C11H13NO2. The quantitative estimate of drug-likeness (QED) is 0.575. The lowest BCUT2D eigenvalue weighted by atomic mass is 10.1. The van der Waals surface area contributed by atoms with Gasteiger partial charge in [-0.1, -0.05) is 12.0 Å². The molecule has 3 nitrogen and oxygen atoms in total. The minimum absolute atomic E-state index is 0.449. The molecule has 0 saturated heterocycles. The van der Waals surface area contributed by atoms with Crippen molar-refractivity contribution in [1.82, 2.24) is 5.48 Å². The summed E-state index contributed by atoms with van der Waals surface area (Å²) in [5, 5.41) is 0. The molecule has 0 aromatic heterocycles. The van der Waals surface area contributed by atoms with Crippen molar-refractivity contribution in [3.63, 3.8) is 0 Å². The van der Waals surface area contributed by atoms with E-state index in [0.717, 1.165) is 16.9 Å². The van der Waals surface area contributed by atoms with E-state index in [4.69, 9.17) is 16.0 Å². The standard InChI is InChI=1S/C11H13NO2/c1-4-9-5-6-10(8-14-12-2)11(7-9)13-3/h1,5-7,12H,8H2,2-3H3. The van der Waals surface area contributed by atoms with Gasteiger partial charge in [-0.25, -0.2) is 5.48 Å². The van der Waals surface area contributed by atoms with Crippen molar-refractivity contribution in [1.29, 1.82) is 0 Å². The summed E-state index contributed by atoms with van der Waals surface area (Å²) in [5.41, 5.74) is 4.36. The highest BCUT2D eigenvalue weighted by atomic mass is 16.6. The second kappa shape index (κ2) is 5.28. The monoisotopic (exact) mass is 191 g/mol. The summed E-state index contributed by atoms with van der Waals surface area (Å²) in [6.45, 7) is 0.449. The van der Waals surface area contributed by atoms with Crippen molar-refractivity contribution in [3.8, 4) is 18.1 Å². The molecule has 74 valence electrons. The van der Waals surface area contributed by atoms with Crippen LogP contribution in [0.15, 0.2) is 18.2 Å². The van der Waals surface area contributed by atoms with E-state index in [9.17, 15) is 0 Å². The second-order valence-corrected chi connectivity index (χ2v) is 2.66. The lowest BCUT2D eigenvalue weighted by molar-refractivity contribution is 0.0433. The summed E-state index contributed by atoms with van der Waals surface area (Å²) in [6.07, 6.45) is 5.27. The predicted octanol–water partition coefficient (Wildman–Crippen LogP) is 1.33. The van der Waals surface area contributed by atoms with Crippen LogP contribution in [-0.2, 0) is 11.4 Å². The zero-order valence-electron chi connectivity index (χ0n) is 8.33. The molecule has 0 radical (unpaired) electrons. The Kier molecular flexibility index (Phi) is 3.99. The number of benzene rings is 1. The zero-order chi connectivity index (χ0) is 10.4. The normalized spacial score (nSPS) is 9.50. The van der Waals surface area contributed by atoms with Crippen LogP contribution >= 0.6 is 0 Å². The Morgan fingerprint density at radius 1 is 1.50 bits per heavy atom. The number of methoxy groups -OCH3 is 1. The van der Waals surface area contributed by atoms with Gasteiger partial charge in [-0.15, -0.1) is 6.42 Å². The molecule has 1 rings (SSSR count). The van der Waals surface area contributed by atoms with Gasteiger partial charge in [0.1, 0.15) is 5.75 Å². The third-order valence-corrected chi connectivity index (χ3v) is 1.83. The third-order valence-electron chi connectivity index (χ3n) is 1.83. The average Bonchev–Trinajstić information content (AvgIpc) is 2.26. The van der Waals surface area contributed by atoms with Crippen LogP contribution < -0.4 is 10.2 Å². The maximum Gasteiger partial charge on any atom is 0.125 e. The molecule has 0 spiro atoms. The largest absolute Gasteiger partial charge is 0.496 e. The molecule has 0 unspecified atom stereocenters. The summed E-state index contributed by atoms with van der Waals surface area (Å²) >= 11 is 0. The van der Waals surface area contributed by atoms with Crippen LogP contribution in [0, 0.1) is 12.3 Å². The van der Waals surface area contributed by atoms with Crippen molar-refractivity contribution in [2.75, 3.05) is 14.2 Å². The number of terminal acetylenes is 1. The maximum atomic E-state index is 5.27. The molecule has 3 heteroatoms. The van der Waals surface area contributed by atoms with Crippen LogP contribution in [0.2, 0.25) is 0 Å². The average molecular weight is 191 g/mol. The highest BCUT2D eigenvalue weighted by molar-refractivity contribution is 5.43. The van der Waals surface area contributed by atoms with Gasteiger partial charge in [0.2, 0.25) is 0 Å². The molecule has 14 heavy (non-hydrogen) atoms. The molecule has 0 fully saturated rings. The fraction of sp³-hybridized carbons (Fsp3) is 0.273. The molecule has 0 atom stereocenters. The van der Waals surface area contributed by atoms with Crippen LogP contribution in [-0.4, -0.2) is 14.2 Å². The van der Waals surface area contributed by atoms with Crippen molar-refractivity contribution >= 4 is 0 Å². The van der Waals surface area contributed by atoms with Gasteiger partial charge in [0, 0.05) is 18.2 Å². The van der Waals surface area contributed by atoms with Crippen LogP contribution in [0.4, 0.5) is 0 Å². The molecule has 0 amide bonds. The first-order chi connectivity index (χ1) is 6.81. The number of hydrogen-bond donors (Lipinski definition) is 1. The first-order valence-corrected chi connectivity index (χ1v) is 4.24. The lowest BCUT2D eigenvalue weighted by Gasteiger charge is -2.08. The molecule has 0 aliphatic heterocycles. The number of hydrogen-bond acceptors (Lipinski definition) is 3. The summed E-state index contributed by atoms with van der Waals surface area (Å²) in [6, 6.07) is 5.57. The first-order valence-electron chi connectivity index (χ1n) is 4.24. The van der Waals surface area contributed by atoms with Crippen LogP contribution in [0.25, 0.3) is 0 Å². The Morgan fingerprint density at radius 2 is 2.29 bits per heavy atom. The minimum atomic E-state index is 0.449. The number of hydroxylamine groups is 1. The van der Waals surface area contributed by atoms with Gasteiger partial charge >= 0.3 is 0 Å². The van der Waals surface area contributed by atoms with Gasteiger partial charge in [-0.2, -0.15) is 0 Å². The molecule has 0 heterocycles. The van der Waals surface area contributed by atoms with Gasteiger partial charge in [0.05, 0.1) is 13.7 Å². The van der Waals surface area contributed by atoms with E-state index in [0.29, 0.717) is 6.61 Å². The molecule has 0 aliphatic carbocycles. The Hall–Kier alpha value is -1.50. The summed E-state index contributed by atoms with van der Waals surface area (Å²) in [5.74, 6) is 3.29. The highest BCUT2D eigenvalue weighted by Crippen LogP contribution is 2.20. The highest BCUT2D eigenvalue weighted by Gasteiger charge is 2.03. The molecule has 0 aliphatic rings. The lowest BCUT2D eigenvalue weighted by Crippen LogP contribution is -2.07. The number of nitrogens with one attached hydrogen (secondary N) is 1. The van der Waals surface area contributed by atoms with Gasteiger partial charge < -0.3 is 4.74 Å². The maximum absolute atomic E-state index is 5.27. The smallest absolute Gasteiger partial charge is 0.125 e. The third kappa shape index (κ3) is 2.49. The Balaban J connectivity index is 2.89. The van der Waals surface area contributed by atoms with E-state index in [1.54, 1.807) is 14.2 Å². The molecule has 1 N–H and O–H groups in total. The summed E-state index contributed by atoms with van der Waals surface area (Å²) in [7, 11) is 3.32. The van der Waals surface area contributed by atoms with E-state index in [2.05, 4.69) is 11.4 Å². The van der Waals surface area contributed by atoms with Crippen LogP contribution in [0.3, 0.4) is 0 Å². The predicted molar refractivity (Wildman–Crippen MR) is 54.8 cm³/mol. The topological polar surface area (TPSA) is 30.5 Å².